The fraction of sp³-hybridized carbons (Fsp3) is 0.786. The third-order valence-corrected chi connectivity index (χ3v) is 3.97. The highest BCUT2D eigenvalue weighted by molar-refractivity contribution is 5.76. The lowest BCUT2D eigenvalue weighted by Crippen LogP contribution is -2.51. The van der Waals surface area contributed by atoms with Crippen LogP contribution in [-0.4, -0.2) is 64.5 Å². The van der Waals surface area contributed by atoms with Crippen molar-refractivity contribution in [1.29, 1.82) is 0 Å². The lowest BCUT2D eigenvalue weighted by molar-refractivity contribution is -0.137. The van der Waals surface area contributed by atoms with Gasteiger partial charge in [-0.25, -0.2) is 4.79 Å². The zero-order valence-corrected chi connectivity index (χ0v) is 12.4. The number of carboxylic acid groups (broad SMARTS) is 1. The van der Waals surface area contributed by atoms with Crippen molar-refractivity contribution in [3.8, 4) is 0 Å². The van der Waals surface area contributed by atoms with Crippen LogP contribution in [0.2, 0.25) is 0 Å². The lowest BCUT2D eigenvalue weighted by atomic mass is 10.1. The van der Waals surface area contributed by atoms with E-state index in [9.17, 15) is 14.4 Å². The van der Waals surface area contributed by atoms with E-state index in [1.807, 2.05) is 0 Å². The van der Waals surface area contributed by atoms with E-state index < -0.39 is 5.97 Å². The lowest BCUT2D eigenvalue weighted by Gasteiger charge is -2.36. The van der Waals surface area contributed by atoms with Gasteiger partial charge in [-0.1, -0.05) is 0 Å². The van der Waals surface area contributed by atoms with E-state index in [2.05, 4.69) is 5.32 Å². The number of nitrogens with one attached hydrogen (secondary N) is 1. The van der Waals surface area contributed by atoms with Gasteiger partial charge in [0, 0.05) is 38.6 Å². The second kappa shape index (κ2) is 6.78. The Morgan fingerprint density at radius 2 is 1.81 bits per heavy atom. The van der Waals surface area contributed by atoms with Crippen molar-refractivity contribution < 1.29 is 19.5 Å². The molecule has 2 aliphatic rings. The predicted molar refractivity (Wildman–Crippen MR) is 75.8 cm³/mol. The number of aliphatic carboxylic acids is 1. The molecule has 118 valence electrons. The van der Waals surface area contributed by atoms with Crippen molar-refractivity contribution in [2.75, 3.05) is 19.6 Å². The van der Waals surface area contributed by atoms with Crippen molar-refractivity contribution in [2.24, 2.45) is 0 Å². The minimum absolute atomic E-state index is 0.00933. The number of urea groups is 1. The number of amides is 3. The van der Waals surface area contributed by atoms with Gasteiger partial charge in [0.25, 0.3) is 0 Å². The highest BCUT2D eigenvalue weighted by atomic mass is 16.4. The zero-order valence-electron chi connectivity index (χ0n) is 12.4. The highest BCUT2D eigenvalue weighted by Crippen LogP contribution is 2.28. The summed E-state index contributed by atoms with van der Waals surface area (Å²) < 4.78 is 0. The van der Waals surface area contributed by atoms with Gasteiger partial charge in [0.2, 0.25) is 5.91 Å². The Morgan fingerprint density at radius 1 is 1.19 bits per heavy atom. The molecule has 2 N–H and O–H groups in total. The molecule has 21 heavy (non-hydrogen) atoms. The number of piperidine rings is 1. The van der Waals surface area contributed by atoms with Crippen molar-refractivity contribution in [3.05, 3.63) is 0 Å². The maximum absolute atomic E-state index is 12.5. The Balaban J connectivity index is 1.84. The van der Waals surface area contributed by atoms with Crippen molar-refractivity contribution in [2.45, 2.75) is 51.1 Å². The van der Waals surface area contributed by atoms with E-state index in [-0.39, 0.29) is 37.0 Å². The smallest absolute Gasteiger partial charge is 0.320 e. The standard InChI is InChI=1S/C14H23N3O4/c1-10(18)15-11-4-7-16(8-5-11)14(21)17(12-2-3-12)9-6-13(19)20/h11-12H,2-9H2,1H3,(H,15,18)(H,19,20). The normalized spacial score (nSPS) is 19.2. The van der Waals surface area contributed by atoms with Crippen molar-refractivity contribution in [1.82, 2.24) is 15.1 Å². The number of carboxylic acids is 1. The number of hydrogen-bond donors (Lipinski definition) is 2. The average molecular weight is 297 g/mol. The monoisotopic (exact) mass is 297 g/mol. The summed E-state index contributed by atoms with van der Waals surface area (Å²) in [6, 6.07) is 0.296. The summed E-state index contributed by atoms with van der Waals surface area (Å²) in [5.74, 6) is -0.918. The van der Waals surface area contributed by atoms with Crippen LogP contribution in [0.5, 0.6) is 0 Å². The quantitative estimate of drug-likeness (QED) is 0.779. The van der Waals surface area contributed by atoms with Gasteiger partial charge < -0.3 is 20.2 Å². The van der Waals surface area contributed by atoms with E-state index in [0.717, 1.165) is 25.7 Å². The molecule has 1 saturated heterocycles. The molecule has 3 amide bonds. The first-order chi connectivity index (χ1) is 9.97. The van der Waals surface area contributed by atoms with Gasteiger partial charge in [0.15, 0.2) is 0 Å². The fourth-order valence-electron chi connectivity index (χ4n) is 2.72. The van der Waals surface area contributed by atoms with Crippen LogP contribution in [0.25, 0.3) is 0 Å². The van der Waals surface area contributed by atoms with Gasteiger partial charge >= 0.3 is 12.0 Å². The molecule has 0 spiro atoms. The Morgan fingerprint density at radius 3 is 2.29 bits per heavy atom. The predicted octanol–water partition coefficient (Wildman–Crippen LogP) is 0.646. The molecule has 0 aromatic rings. The first-order valence-corrected chi connectivity index (χ1v) is 7.52. The Hall–Kier alpha value is -1.79. The van der Waals surface area contributed by atoms with Crippen LogP contribution in [0.3, 0.4) is 0 Å². The molecule has 1 saturated carbocycles. The van der Waals surface area contributed by atoms with Gasteiger partial charge in [0.1, 0.15) is 0 Å². The maximum Gasteiger partial charge on any atom is 0.320 e. The summed E-state index contributed by atoms with van der Waals surface area (Å²) in [5.41, 5.74) is 0. The van der Waals surface area contributed by atoms with Gasteiger partial charge in [-0.2, -0.15) is 0 Å². The maximum atomic E-state index is 12.5. The third kappa shape index (κ3) is 4.61. The first kappa shape index (κ1) is 15.6. The molecule has 0 unspecified atom stereocenters. The number of nitrogens with zero attached hydrogens (tertiary/aromatic N) is 2. The summed E-state index contributed by atoms with van der Waals surface area (Å²) in [4.78, 5) is 37.7. The van der Waals surface area contributed by atoms with E-state index in [4.69, 9.17) is 5.11 Å². The zero-order chi connectivity index (χ0) is 15.4. The van der Waals surface area contributed by atoms with Crippen LogP contribution >= 0.6 is 0 Å². The van der Waals surface area contributed by atoms with Crippen LogP contribution < -0.4 is 5.32 Å². The van der Waals surface area contributed by atoms with Crippen LogP contribution in [0.1, 0.15) is 39.0 Å². The summed E-state index contributed by atoms with van der Waals surface area (Å²) in [6.07, 6.45) is 3.43. The average Bonchev–Trinajstić information content (AvgIpc) is 3.23. The number of hydrogen-bond acceptors (Lipinski definition) is 3. The molecule has 2 rings (SSSR count). The number of rotatable bonds is 5. The molecular formula is C14H23N3O4. The molecule has 0 aromatic carbocycles. The van der Waals surface area contributed by atoms with Crippen LogP contribution in [0.4, 0.5) is 4.79 Å². The van der Waals surface area contributed by atoms with Crippen molar-refractivity contribution >= 4 is 17.9 Å². The number of carbonyl (C=O) groups is 3. The van der Waals surface area contributed by atoms with Gasteiger partial charge in [-0.15, -0.1) is 0 Å². The second-order valence-corrected chi connectivity index (χ2v) is 5.81. The van der Waals surface area contributed by atoms with E-state index in [0.29, 0.717) is 13.1 Å². The second-order valence-electron chi connectivity index (χ2n) is 5.81. The van der Waals surface area contributed by atoms with E-state index in [1.54, 1.807) is 9.80 Å². The largest absolute Gasteiger partial charge is 0.481 e. The molecule has 0 bridgehead atoms. The van der Waals surface area contributed by atoms with E-state index >= 15 is 0 Å². The summed E-state index contributed by atoms with van der Waals surface area (Å²) in [6.45, 7) is 3.00. The number of carbonyl (C=O) groups excluding carboxylic acids is 2. The van der Waals surface area contributed by atoms with Crippen LogP contribution in [0, 0.1) is 0 Å². The Labute approximate surface area is 124 Å². The Bertz CT molecular complexity index is 414. The van der Waals surface area contributed by atoms with Crippen LogP contribution in [0.15, 0.2) is 0 Å². The molecule has 1 aliphatic carbocycles. The Kier molecular flexibility index (Phi) is 5.03. The molecular weight excluding hydrogens is 274 g/mol. The summed E-state index contributed by atoms with van der Waals surface area (Å²) >= 11 is 0. The van der Waals surface area contributed by atoms with Gasteiger partial charge in [0.05, 0.1) is 6.42 Å². The molecule has 0 radical (unpaired) electrons. The van der Waals surface area contributed by atoms with E-state index in [1.165, 1.54) is 6.92 Å². The number of likely N-dealkylation sites (tertiary alicyclic amines) is 1. The van der Waals surface area contributed by atoms with Crippen molar-refractivity contribution in [3.63, 3.8) is 0 Å². The minimum Gasteiger partial charge on any atom is -0.481 e. The first-order valence-electron chi connectivity index (χ1n) is 7.52. The molecule has 1 aliphatic heterocycles. The van der Waals surface area contributed by atoms with Crippen LogP contribution in [-0.2, 0) is 9.59 Å². The third-order valence-electron chi connectivity index (χ3n) is 3.97. The molecule has 7 heteroatoms. The molecule has 2 fully saturated rings. The molecule has 1 heterocycles. The summed E-state index contributed by atoms with van der Waals surface area (Å²) in [7, 11) is 0. The minimum atomic E-state index is -0.877. The van der Waals surface area contributed by atoms with Gasteiger partial charge in [-0.05, 0) is 25.7 Å². The molecule has 0 aromatic heterocycles. The SMILES string of the molecule is CC(=O)NC1CCN(C(=O)N(CCC(=O)O)C2CC2)CC1. The molecule has 7 nitrogen and oxygen atoms in total. The molecule has 0 atom stereocenters. The highest BCUT2D eigenvalue weighted by Gasteiger charge is 2.36. The summed E-state index contributed by atoms with van der Waals surface area (Å²) in [5, 5.41) is 11.7. The fourth-order valence-corrected chi connectivity index (χ4v) is 2.72. The van der Waals surface area contributed by atoms with Gasteiger partial charge in [-0.3, -0.25) is 9.59 Å². The topological polar surface area (TPSA) is 90.0 Å².